The predicted molar refractivity (Wildman–Crippen MR) is 64.0 cm³/mol. The molecule has 1 rings (SSSR count). The van der Waals surface area contributed by atoms with Gasteiger partial charge in [0.25, 0.3) is 0 Å². The molecule has 2 atom stereocenters. The molecule has 0 aliphatic carbocycles. The number of amides is 1. The van der Waals surface area contributed by atoms with Crippen LogP contribution in [0.2, 0.25) is 0 Å². The lowest BCUT2D eigenvalue weighted by Crippen LogP contribution is -2.42. The normalized spacial score (nSPS) is 27.1. The van der Waals surface area contributed by atoms with Gasteiger partial charge in [0, 0.05) is 25.6 Å². The minimum Gasteiger partial charge on any atom is -0.373 e. The minimum atomic E-state index is -0.169. The Hall–Kier alpha value is -0.610. The van der Waals surface area contributed by atoms with Crippen molar-refractivity contribution in [1.82, 2.24) is 5.32 Å². The fraction of sp³-hybridized carbons (Fsp3) is 0.917. The van der Waals surface area contributed by atoms with Crippen molar-refractivity contribution in [3.63, 3.8) is 0 Å². The van der Waals surface area contributed by atoms with E-state index in [0.717, 1.165) is 19.4 Å². The van der Waals surface area contributed by atoms with E-state index < -0.39 is 0 Å². The highest BCUT2D eigenvalue weighted by molar-refractivity contribution is 5.76. The standard InChI is InChI=1S/C12H24N2O2/c1-9(2)10(13)7-11(15)14-8-12(3)5-4-6-16-12/h9-10H,4-8,13H2,1-3H3,(H,14,15). The summed E-state index contributed by atoms with van der Waals surface area (Å²) in [6.45, 7) is 7.50. The van der Waals surface area contributed by atoms with Gasteiger partial charge in [-0.2, -0.15) is 0 Å². The van der Waals surface area contributed by atoms with Gasteiger partial charge in [0.2, 0.25) is 5.91 Å². The molecule has 0 radical (unpaired) electrons. The van der Waals surface area contributed by atoms with Gasteiger partial charge >= 0.3 is 0 Å². The average Bonchev–Trinajstić information content (AvgIpc) is 2.63. The van der Waals surface area contributed by atoms with E-state index in [9.17, 15) is 4.79 Å². The van der Waals surface area contributed by atoms with Crippen molar-refractivity contribution in [3.05, 3.63) is 0 Å². The SMILES string of the molecule is CC(C)C(N)CC(=O)NCC1(C)CCCO1. The van der Waals surface area contributed by atoms with E-state index in [1.807, 2.05) is 20.8 Å². The third-order valence-corrected chi connectivity index (χ3v) is 3.24. The van der Waals surface area contributed by atoms with Gasteiger partial charge in [-0.05, 0) is 25.7 Å². The molecule has 0 bridgehead atoms. The topological polar surface area (TPSA) is 64.4 Å². The fourth-order valence-electron chi connectivity index (χ4n) is 1.78. The van der Waals surface area contributed by atoms with Gasteiger partial charge in [-0.1, -0.05) is 13.8 Å². The van der Waals surface area contributed by atoms with Crippen LogP contribution in [0.3, 0.4) is 0 Å². The lowest BCUT2D eigenvalue weighted by atomic mass is 10.0. The molecule has 3 N–H and O–H groups in total. The van der Waals surface area contributed by atoms with Crippen molar-refractivity contribution in [3.8, 4) is 0 Å². The lowest BCUT2D eigenvalue weighted by molar-refractivity contribution is -0.122. The smallest absolute Gasteiger partial charge is 0.221 e. The van der Waals surface area contributed by atoms with Crippen LogP contribution in [-0.4, -0.2) is 30.7 Å². The van der Waals surface area contributed by atoms with Crippen molar-refractivity contribution in [2.45, 2.75) is 51.7 Å². The first kappa shape index (κ1) is 13.5. The van der Waals surface area contributed by atoms with Crippen LogP contribution < -0.4 is 11.1 Å². The highest BCUT2D eigenvalue weighted by Crippen LogP contribution is 2.23. The summed E-state index contributed by atoms with van der Waals surface area (Å²) in [5.41, 5.74) is 5.67. The summed E-state index contributed by atoms with van der Waals surface area (Å²) in [6, 6.07) is -0.0581. The van der Waals surface area contributed by atoms with Crippen molar-refractivity contribution in [2.24, 2.45) is 11.7 Å². The minimum absolute atomic E-state index is 0.0259. The van der Waals surface area contributed by atoms with Crippen molar-refractivity contribution in [1.29, 1.82) is 0 Å². The summed E-state index contributed by atoms with van der Waals surface area (Å²) in [7, 11) is 0. The molecule has 0 aromatic rings. The monoisotopic (exact) mass is 228 g/mol. The first-order valence-electron chi connectivity index (χ1n) is 6.09. The molecule has 1 aliphatic rings. The van der Waals surface area contributed by atoms with E-state index in [-0.39, 0.29) is 17.6 Å². The van der Waals surface area contributed by atoms with Crippen molar-refractivity contribution in [2.75, 3.05) is 13.2 Å². The first-order valence-corrected chi connectivity index (χ1v) is 6.09. The molecule has 0 aromatic carbocycles. The summed E-state index contributed by atoms with van der Waals surface area (Å²) >= 11 is 0. The van der Waals surface area contributed by atoms with Crippen LogP contribution in [0, 0.1) is 5.92 Å². The number of carbonyl (C=O) groups is 1. The van der Waals surface area contributed by atoms with E-state index in [1.165, 1.54) is 0 Å². The van der Waals surface area contributed by atoms with Crippen LogP contribution in [0.15, 0.2) is 0 Å². The third kappa shape index (κ3) is 4.10. The Bertz CT molecular complexity index is 235. The number of nitrogens with two attached hydrogens (primary N) is 1. The summed E-state index contributed by atoms with van der Waals surface area (Å²) in [6.07, 6.45) is 2.50. The predicted octanol–water partition coefficient (Wildman–Crippen LogP) is 1.05. The Kier molecular flexibility index (Phi) is 4.74. The number of rotatable bonds is 5. The second-order valence-corrected chi connectivity index (χ2v) is 5.29. The van der Waals surface area contributed by atoms with Gasteiger partial charge in [0.1, 0.15) is 0 Å². The largest absolute Gasteiger partial charge is 0.373 e. The van der Waals surface area contributed by atoms with Gasteiger partial charge in [0.15, 0.2) is 0 Å². The Balaban J connectivity index is 2.24. The second-order valence-electron chi connectivity index (χ2n) is 5.29. The zero-order valence-electron chi connectivity index (χ0n) is 10.6. The summed E-state index contributed by atoms with van der Waals surface area (Å²) < 4.78 is 5.60. The first-order chi connectivity index (χ1) is 7.43. The van der Waals surface area contributed by atoms with Crippen LogP contribution in [0.4, 0.5) is 0 Å². The molecular formula is C12H24N2O2. The van der Waals surface area contributed by atoms with Crippen LogP contribution in [0.1, 0.15) is 40.0 Å². The zero-order valence-corrected chi connectivity index (χ0v) is 10.6. The summed E-state index contributed by atoms with van der Waals surface area (Å²) in [5.74, 6) is 0.363. The van der Waals surface area contributed by atoms with E-state index in [0.29, 0.717) is 18.9 Å². The zero-order chi connectivity index (χ0) is 12.2. The number of ether oxygens (including phenoxy) is 1. The van der Waals surface area contributed by atoms with Crippen LogP contribution in [0.5, 0.6) is 0 Å². The summed E-state index contributed by atoms with van der Waals surface area (Å²) in [5, 5.41) is 2.91. The van der Waals surface area contributed by atoms with E-state index in [2.05, 4.69) is 5.32 Å². The molecule has 2 unspecified atom stereocenters. The number of carbonyl (C=O) groups excluding carboxylic acids is 1. The fourth-order valence-corrected chi connectivity index (χ4v) is 1.78. The summed E-state index contributed by atoms with van der Waals surface area (Å²) in [4.78, 5) is 11.6. The Labute approximate surface area is 97.9 Å². The molecule has 0 saturated carbocycles. The van der Waals surface area contributed by atoms with Gasteiger partial charge in [-0.3, -0.25) is 4.79 Å². The van der Waals surface area contributed by atoms with Crippen molar-refractivity contribution >= 4 is 5.91 Å². The number of nitrogens with one attached hydrogen (secondary N) is 1. The molecule has 0 spiro atoms. The molecule has 1 saturated heterocycles. The average molecular weight is 228 g/mol. The molecule has 1 amide bonds. The molecule has 1 fully saturated rings. The Morgan fingerprint density at radius 3 is 2.75 bits per heavy atom. The maximum Gasteiger partial charge on any atom is 0.221 e. The van der Waals surface area contributed by atoms with Crippen LogP contribution >= 0.6 is 0 Å². The van der Waals surface area contributed by atoms with Crippen LogP contribution in [-0.2, 0) is 9.53 Å². The van der Waals surface area contributed by atoms with Gasteiger partial charge in [-0.15, -0.1) is 0 Å². The lowest BCUT2D eigenvalue weighted by Gasteiger charge is -2.24. The molecule has 4 nitrogen and oxygen atoms in total. The van der Waals surface area contributed by atoms with Crippen LogP contribution in [0.25, 0.3) is 0 Å². The van der Waals surface area contributed by atoms with Gasteiger partial charge in [0.05, 0.1) is 5.60 Å². The Morgan fingerprint density at radius 1 is 1.56 bits per heavy atom. The maximum absolute atomic E-state index is 11.6. The van der Waals surface area contributed by atoms with Gasteiger partial charge < -0.3 is 15.8 Å². The van der Waals surface area contributed by atoms with Crippen molar-refractivity contribution < 1.29 is 9.53 Å². The van der Waals surface area contributed by atoms with E-state index in [4.69, 9.17) is 10.5 Å². The number of hydrogen-bond donors (Lipinski definition) is 2. The quantitative estimate of drug-likeness (QED) is 0.739. The molecule has 0 aromatic heterocycles. The Morgan fingerprint density at radius 2 is 2.25 bits per heavy atom. The highest BCUT2D eigenvalue weighted by atomic mass is 16.5. The van der Waals surface area contributed by atoms with E-state index >= 15 is 0 Å². The van der Waals surface area contributed by atoms with E-state index in [1.54, 1.807) is 0 Å². The molecule has 16 heavy (non-hydrogen) atoms. The highest BCUT2D eigenvalue weighted by Gasteiger charge is 2.30. The molecule has 1 aliphatic heterocycles. The molecule has 94 valence electrons. The molecular weight excluding hydrogens is 204 g/mol. The molecule has 1 heterocycles. The van der Waals surface area contributed by atoms with Gasteiger partial charge in [-0.25, -0.2) is 0 Å². The maximum atomic E-state index is 11.6. The second kappa shape index (κ2) is 5.64. The number of hydrogen-bond acceptors (Lipinski definition) is 3. The molecule has 4 heteroatoms. The third-order valence-electron chi connectivity index (χ3n) is 3.24.